The fourth-order valence-corrected chi connectivity index (χ4v) is 2.44. The molecule has 27 heavy (non-hydrogen) atoms. The van der Waals surface area contributed by atoms with Crippen molar-refractivity contribution >= 4 is 12.2 Å². The molecular formula is C21H22N4O2. The van der Waals surface area contributed by atoms with Gasteiger partial charge in [0.15, 0.2) is 0 Å². The van der Waals surface area contributed by atoms with Crippen molar-refractivity contribution in [1.29, 1.82) is 0 Å². The van der Waals surface area contributed by atoms with Crippen molar-refractivity contribution in [3.63, 3.8) is 0 Å². The first-order chi connectivity index (χ1) is 13.1. The summed E-state index contributed by atoms with van der Waals surface area (Å²) >= 11 is 0. The number of hydrazone groups is 1. The summed E-state index contributed by atoms with van der Waals surface area (Å²) in [5.74, 6) is 1.19. The van der Waals surface area contributed by atoms with Gasteiger partial charge in [0.2, 0.25) is 5.95 Å². The van der Waals surface area contributed by atoms with Crippen LogP contribution >= 0.6 is 0 Å². The first kappa shape index (κ1) is 18.4. The van der Waals surface area contributed by atoms with Gasteiger partial charge in [0.1, 0.15) is 12.4 Å². The van der Waals surface area contributed by atoms with Crippen LogP contribution in [0, 0.1) is 0 Å². The molecule has 0 fully saturated rings. The molecule has 1 aromatic heterocycles. The Kier molecular flexibility index (Phi) is 5.99. The number of H-pyrrole nitrogens is 1. The van der Waals surface area contributed by atoms with E-state index < -0.39 is 0 Å². The maximum Gasteiger partial charge on any atom is 0.252 e. The molecule has 1 heterocycles. The lowest BCUT2D eigenvalue weighted by atomic mass is 10.1. The molecule has 6 nitrogen and oxygen atoms in total. The van der Waals surface area contributed by atoms with E-state index in [2.05, 4.69) is 20.5 Å². The van der Waals surface area contributed by atoms with Gasteiger partial charge in [-0.2, -0.15) is 5.10 Å². The van der Waals surface area contributed by atoms with Crippen LogP contribution in [0.2, 0.25) is 0 Å². The molecular weight excluding hydrogens is 340 g/mol. The standard InChI is InChI=1S/C21H22N4O2/c1-15(2)18-12-20(26)24-21(23-18)25-22-13-17-10-6-7-11-19(17)27-14-16-8-4-3-5-9-16/h3-13,15H,14H2,1-2H3,(H2,23,24,25,26)/b22-13-. The number of para-hydroxylation sites is 1. The van der Waals surface area contributed by atoms with Gasteiger partial charge in [0, 0.05) is 11.6 Å². The Labute approximate surface area is 157 Å². The molecule has 0 aliphatic rings. The zero-order valence-corrected chi connectivity index (χ0v) is 15.3. The number of nitrogens with zero attached hydrogens (tertiary/aromatic N) is 2. The number of anilines is 1. The molecule has 0 amide bonds. The van der Waals surface area contributed by atoms with E-state index in [1.54, 1.807) is 6.21 Å². The van der Waals surface area contributed by atoms with Crippen molar-refractivity contribution in [2.75, 3.05) is 5.43 Å². The monoisotopic (exact) mass is 362 g/mol. The topological polar surface area (TPSA) is 79.4 Å². The van der Waals surface area contributed by atoms with Gasteiger partial charge in [-0.05, 0) is 23.6 Å². The number of hydrogen-bond acceptors (Lipinski definition) is 5. The zero-order valence-electron chi connectivity index (χ0n) is 15.3. The van der Waals surface area contributed by atoms with Gasteiger partial charge >= 0.3 is 0 Å². The van der Waals surface area contributed by atoms with Crippen molar-refractivity contribution < 1.29 is 4.74 Å². The molecule has 0 bridgehead atoms. The zero-order chi connectivity index (χ0) is 19.1. The molecule has 0 aliphatic carbocycles. The normalized spacial score (nSPS) is 11.1. The quantitative estimate of drug-likeness (QED) is 0.493. The molecule has 3 aromatic rings. The van der Waals surface area contributed by atoms with E-state index in [0.29, 0.717) is 18.2 Å². The van der Waals surface area contributed by atoms with Crippen LogP contribution in [0.1, 0.15) is 36.6 Å². The highest BCUT2D eigenvalue weighted by Gasteiger charge is 2.05. The molecule has 0 radical (unpaired) electrons. The van der Waals surface area contributed by atoms with Crippen LogP contribution in [0.25, 0.3) is 0 Å². The van der Waals surface area contributed by atoms with E-state index >= 15 is 0 Å². The molecule has 138 valence electrons. The third kappa shape index (κ3) is 5.28. The van der Waals surface area contributed by atoms with Crippen molar-refractivity contribution in [1.82, 2.24) is 9.97 Å². The Bertz CT molecular complexity index is 965. The molecule has 0 atom stereocenters. The minimum atomic E-state index is -0.210. The smallest absolute Gasteiger partial charge is 0.252 e. The number of hydrogen-bond donors (Lipinski definition) is 2. The van der Waals surface area contributed by atoms with Gasteiger partial charge in [0.05, 0.1) is 11.9 Å². The van der Waals surface area contributed by atoms with Crippen molar-refractivity contribution in [3.8, 4) is 5.75 Å². The van der Waals surface area contributed by atoms with E-state index in [9.17, 15) is 4.79 Å². The van der Waals surface area contributed by atoms with Crippen LogP contribution in [0.15, 0.2) is 70.6 Å². The lowest BCUT2D eigenvalue weighted by Crippen LogP contribution is -2.12. The Morgan fingerprint density at radius 3 is 2.67 bits per heavy atom. The predicted molar refractivity (Wildman–Crippen MR) is 107 cm³/mol. The van der Waals surface area contributed by atoms with Gasteiger partial charge in [-0.25, -0.2) is 10.4 Å². The van der Waals surface area contributed by atoms with Crippen LogP contribution in [-0.4, -0.2) is 16.2 Å². The first-order valence-electron chi connectivity index (χ1n) is 8.78. The SMILES string of the molecule is CC(C)c1cc(=O)[nH]c(N/N=C\c2ccccc2OCc2ccccc2)n1. The van der Waals surface area contributed by atoms with E-state index in [4.69, 9.17) is 4.74 Å². The minimum Gasteiger partial charge on any atom is -0.488 e. The van der Waals surface area contributed by atoms with Crippen LogP contribution in [-0.2, 0) is 6.61 Å². The Morgan fingerprint density at radius 2 is 1.89 bits per heavy atom. The second-order valence-electron chi connectivity index (χ2n) is 6.36. The highest BCUT2D eigenvalue weighted by atomic mass is 16.5. The lowest BCUT2D eigenvalue weighted by Gasteiger charge is -2.09. The van der Waals surface area contributed by atoms with Gasteiger partial charge in [-0.3, -0.25) is 9.78 Å². The number of nitrogens with one attached hydrogen (secondary N) is 2. The predicted octanol–water partition coefficient (Wildman–Crippen LogP) is 3.92. The van der Waals surface area contributed by atoms with E-state index in [1.807, 2.05) is 68.4 Å². The molecule has 2 aromatic carbocycles. The number of benzene rings is 2. The summed E-state index contributed by atoms with van der Waals surface area (Å²) in [6.07, 6.45) is 1.64. The van der Waals surface area contributed by atoms with Gasteiger partial charge < -0.3 is 4.74 Å². The summed E-state index contributed by atoms with van der Waals surface area (Å²) in [7, 11) is 0. The van der Waals surface area contributed by atoms with Crippen molar-refractivity contribution in [2.45, 2.75) is 26.4 Å². The summed E-state index contributed by atoms with van der Waals surface area (Å²) in [6.45, 7) is 4.44. The lowest BCUT2D eigenvalue weighted by molar-refractivity contribution is 0.306. The first-order valence-corrected chi connectivity index (χ1v) is 8.78. The Morgan fingerprint density at radius 1 is 1.15 bits per heavy atom. The molecule has 0 spiro atoms. The van der Waals surface area contributed by atoms with E-state index in [0.717, 1.165) is 16.9 Å². The van der Waals surface area contributed by atoms with Crippen LogP contribution in [0.3, 0.4) is 0 Å². The second kappa shape index (κ2) is 8.80. The largest absolute Gasteiger partial charge is 0.488 e. The third-order valence-electron chi connectivity index (χ3n) is 3.88. The Balaban J connectivity index is 1.70. The maximum absolute atomic E-state index is 11.7. The molecule has 2 N–H and O–H groups in total. The summed E-state index contributed by atoms with van der Waals surface area (Å²) < 4.78 is 5.90. The summed E-state index contributed by atoms with van der Waals surface area (Å²) in [4.78, 5) is 18.7. The number of ether oxygens (including phenoxy) is 1. The highest BCUT2D eigenvalue weighted by molar-refractivity contribution is 5.83. The third-order valence-corrected chi connectivity index (χ3v) is 3.88. The Hall–Kier alpha value is -3.41. The molecule has 3 rings (SSSR count). The maximum atomic E-state index is 11.7. The van der Waals surface area contributed by atoms with Gasteiger partial charge in [-0.15, -0.1) is 0 Å². The van der Waals surface area contributed by atoms with Crippen molar-refractivity contribution in [2.24, 2.45) is 5.10 Å². The summed E-state index contributed by atoms with van der Waals surface area (Å²) in [6, 6.07) is 19.1. The van der Waals surface area contributed by atoms with Crippen LogP contribution < -0.4 is 15.7 Å². The average molecular weight is 362 g/mol. The fraction of sp³-hybridized carbons (Fsp3) is 0.190. The van der Waals surface area contributed by atoms with E-state index in [1.165, 1.54) is 6.07 Å². The molecule has 0 saturated heterocycles. The molecule has 0 aliphatic heterocycles. The minimum absolute atomic E-state index is 0.156. The van der Waals surface area contributed by atoms with Crippen LogP contribution in [0.4, 0.5) is 5.95 Å². The fourth-order valence-electron chi connectivity index (χ4n) is 2.44. The number of rotatable bonds is 7. The molecule has 0 saturated carbocycles. The molecule has 6 heteroatoms. The summed E-state index contributed by atoms with van der Waals surface area (Å²) in [5, 5.41) is 4.18. The van der Waals surface area contributed by atoms with Gasteiger partial charge in [0.25, 0.3) is 5.56 Å². The van der Waals surface area contributed by atoms with Gasteiger partial charge in [-0.1, -0.05) is 56.3 Å². The van der Waals surface area contributed by atoms with Crippen molar-refractivity contribution in [3.05, 3.63) is 87.8 Å². The average Bonchev–Trinajstić information content (AvgIpc) is 2.67. The summed E-state index contributed by atoms with van der Waals surface area (Å²) in [5.41, 5.74) is 5.19. The number of aromatic amines is 1. The van der Waals surface area contributed by atoms with E-state index in [-0.39, 0.29) is 11.5 Å². The second-order valence-corrected chi connectivity index (χ2v) is 6.36. The highest BCUT2D eigenvalue weighted by Crippen LogP contribution is 2.18. The number of aromatic nitrogens is 2. The molecule has 0 unspecified atom stereocenters. The van der Waals surface area contributed by atoms with Crippen LogP contribution in [0.5, 0.6) is 5.75 Å².